The summed E-state index contributed by atoms with van der Waals surface area (Å²) in [7, 11) is 0. The molecular weight excluding hydrogens is 360 g/mol. The van der Waals surface area contributed by atoms with Crippen LogP contribution >= 0.6 is 0 Å². The van der Waals surface area contributed by atoms with Crippen LogP contribution in [0, 0.1) is 0 Å². The Bertz CT molecular complexity index is 864. The number of carbonyl (C=O) groups is 4. The highest BCUT2D eigenvalue weighted by molar-refractivity contribution is 6.26. The van der Waals surface area contributed by atoms with E-state index in [4.69, 9.17) is 10.5 Å². The zero-order chi connectivity index (χ0) is 21.2. The molecule has 0 aromatic heterocycles. The molecule has 0 saturated heterocycles. The van der Waals surface area contributed by atoms with Crippen molar-refractivity contribution < 1.29 is 23.9 Å². The van der Waals surface area contributed by atoms with Crippen molar-refractivity contribution >= 4 is 23.4 Å². The Morgan fingerprint density at radius 2 is 1.64 bits per heavy atom. The number of Topliss-reactive ketones (excluding diaryl/α,β-unsaturated/α-hetero) is 3. The van der Waals surface area contributed by atoms with E-state index in [1.165, 1.54) is 6.92 Å². The molecule has 1 aromatic rings. The van der Waals surface area contributed by atoms with E-state index >= 15 is 0 Å². The Morgan fingerprint density at radius 1 is 1.11 bits per heavy atom. The van der Waals surface area contributed by atoms with E-state index in [0.717, 1.165) is 0 Å². The summed E-state index contributed by atoms with van der Waals surface area (Å²) in [6.45, 7) is 8.19. The lowest BCUT2D eigenvalue weighted by Crippen LogP contribution is -2.48. The lowest BCUT2D eigenvalue weighted by molar-refractivity contribution is -0.121. The van der Waals surface area contributed by atoms with Crippen LogP contribution < -0.4 is 11.1 Å². The van der Waals surface area contributed by atoms with Crippen molar-refractivity contribution in [3.8, 4) is 0 Å². The van der Waals surface area contributed by atoms with E-state index in [1.807, 2.05) is 0 Å². The van der Waals surface area contributed by atoms with Gasteiger partial charge in [0.1, 0.15) is 5.60 Å². The zero-order valence-corrected chi connectivity index (χ0v) is 16.8. The maximum atomic E-state index is 12.8. The van der Waals surface area contributed by atoms with E-state index < -0.39 is 29.6 Å². The van der Waals surface area contributed by atoms with Gasteiger partial charge in [-0.3, -0.25) is 14.4 Å². The van der Waals surface area contributed by atoms with Gasteiger partial charge < -0.3 is 15.8 Å². The van der Waals surface area contributed by atoms with Gasteiger partial charge in [0.25, 0.3) is 0 Å². The van der Waals surface area contributed by atoms with Gasteiger partial charge in [-0.25, -0.2) is 4.79 Å². The summed E-state index contributed by atoms with van der Waals surface area (Å²) in [5.41, 5.74) is 6.50. The largest absolute Gasteiger partial charge is 0.444 e. The lowest BCUT2D eigenvalue weighted by atomic mass is 9.81. The summed E-state index contributed by atoms with van der Waals surface area (Å²) >= 11 is 0. The fourth-order valence-electron chi connectivity index (χ4n) is 2.99. The van der Waals surface area contributed by atoms with Gasteiger partial charge in [-0.05, 0) is 41.0 Å². The van der Waals surface area contributed by atoms with Crippen LogP contribution in [0.4, 0.5) is 4.79 Å². The fourth-order valence-corrected chi connectivity index (χ4v) is 2.99. The van der Waals surface area contributed by atoms with Crippen molar-refractivity contribution in [1.82, 2.24) is 5.32 Å². The van der Waals surface area contributed by atoms with Crippen molar-refractivity contribution in [1.29, 1.82) is 0 Å². The molecule has 1 aliphatic rings. The molecule has 0 fully saturated rings. The van der Waals surface area contributed by atoms with E-state index in [0.29, 0.717) is 16.7 Å². The summed E-state index contributed by atoms with van der Waals surface area (Å²) < 4.78 is 5.12. The smallest absolute Gasteiger partial charge is 0.408 e. The second-order valence-corrected chi connectivity index (χ2v) is 7.89. The number of hydrogen-bond acceptors (Lipinski definition) is 6. The molecule has 0 bridgehead atoms. The normalized spacial score (nSPS) is 16.4. The van der Waals surface area contributed by atoms with Crippen molar-refractivity contribution in [2.24, 2.45) is 5.73 Å². The summed E-state index contributed by atoms with van der Waals surface area (Å²) in [5, 5.41) is 2.44. The van der Waals surface area contributed by atoms with Gasteiger partial charge >= 0.3 is 6.09 Å². The average molecular weight is 386 g/mol. The molecule has 0 aliphatic heterocycles. The number of nitrogens with two attached hydrogens (primary N) is 1. The molecule has 3 N–H and O–H groups in total. The first-order valence-corrected chi connectivity index (χ1v) is 9.09. The van der Waals surface area contributed by atoms with E-state index in [-0.39, 0.29) is 23.6 Å². The number of alkyl carbamates (subject to hydrolysis) is 1. The van der Waals surface area contributed by atoms with Crippen LogP contribution in [0.15, 0.2) is 35.4 Å². The van der Waals surface area contributed by atoms with Gasteiger partial charge in [-0.1, -0.05) is 24.3 Å². The molecule has 0 spiro atoms. The molecule has 0 saturated carbocycles. The molecule has 1 amide bonds. The van der Waals surface area contributed by atoms with Gasteiger partial charge in [-0.2, -0.15) is 0 Å². The third-order valence-electron chi connectivity index (χ3n) is 4.43. The number of hydrogen-bond donors (Lipinski definition) is 2. The van der Waals surface area contributed by atoms with Crippen LogP contribution in [0.1, 0.15) is 61.8 Å². The number of fused-ring (bicyclic) bond motifs is 1. The Hall–Kier alpha value is -2.80. The first kappa shape index (κ1) is 21.5. The zero-order valence-electron chi connectivity index (χ0n) is 16.8. The average Bonchev–Trinajstić information content (AvgIpc) is 2.60. The van der Waals surface area contributed by atoms with E-state index in [2.05, 4.69) is 5.32 Å². The minimum absolute atomic E-state index is 0.0795. The van der Waals surface area contributed by atoms with Gasteiger partial charge in [0.2, 0.25) is 0 Å². The van der Waals surface area contributed by atoms with Crippen LogP contribution in [-0.2, 0) is 9.53 Å². The molecule has 1 aromatic carbocycles. The predicted molar refractivity (Wildman–Crippen MR) is 104 cm³/mol. The number of amides is 1. The number of ketones is 3. The van der Waals surface area contributed by atoms with Gasteiger partial charge in [0, 0.05) is 22.3 Å². The van der Waals surface area contributed by atoms with Gasteiger partial charge in [0.05, 0.1) is 12.1 Å². The number of allylic oxidation sites excluding steroid dienone is 1. The lowest BCUT2D eigenvalue weighted by Gasteiger charge is -2.24. The Labute approximate surface area is 164 Å². The molecular formula is C21H26N2O5. The molecule has 1 unspecified atom stereocenters. The molecule has 0 radical (unpaired) electrons. The SMILES string of the molecule is CC1=C(CC(N)C(=O)[C@H](C)NC(=O)OC(C)(C)C)C(=O)c2ccccc2C1=O. The second kappa shape index (κ2) is 8.06. The summed E-state index contributed by atoms with van der Waals surface area (Å²) in [6, 6.07) is 4.63. The van der Waals surface area contributed by atoms with Crippen molar-refractivity contribution in [3.63, 3.8) is 0 Å². The minimum atomic E-state index is -1.04. The van der Waals surface area contributed by atoms with Crippen molar-refractivity contribution in [2.75, 3.05) is 0 Å². The first-order valence-electron chi connectivity index (χ1n) is 9.09. The summed E-state index contributed by atoms with van der Waals surface area (Å²) in [6.07, 6.45) is -0.807. The highest BCUT2D eigenvalue weighted by Gasteiger charge is 2.33. The van der Waals surface area contributed by atoms with Crippen molar-refractivity contribution in [2.45, 2.75) is 58.7 Å². The van der Waals surface area contributed by atoms with E-state index in [1.54, 1.807) is 52.0 Å². The van der Waals surface area contributed by atoms with E-state index in [9.17, 15) is 19.2 Å². The van der Waals surface area contributed by atoms with Crippen LogP contribution in [0.2, 0.25) is 0 Å². The standard InChI is InChI=1S/C21H26N2O5/c1-11-15(19(26)14-9-7-6-8-13(14)17(11)24)10-16(22)18(25)12(2)23-20(27)28-21(3,4)5/h6-9,12,16H,10,22H2,1-5H3,(H,23,27)/t12-,16?/m0/s1. The van der Waals surface area contributed by atoms with Crippen LogP contribution in [0.25, 0.3) is 0 Å². The molecule has 28 heavy (non-hydrogen) atoms. The number of ether oxygens (including phenoxy) is 1. The minimum Gasteiger partial charge on any atom is -0.444 e. The Morgan fingerprint density at radius 3 is 2.18 bits per heavy atom. The fraction of sp³-hybridized carbons (Fsp3) is 0.429. The quantitative estimate of drug-likeness (QED) is 0.803. The maximum absolute atomic E-state index is 12.8. The Kier molecular flexibility index (Phi) is 6.19. The third-order valence-corrected chi connectivity index (χ3v) is 4.43. The number of benzene rings is 1. The topological polar surface area (TPSA) is 116 Å². The Balaban J connectivity index is 2.11. The van der Waals surface area contributed by atoms with Crippen LogP contribution in [0.3, 0.4) is 0 Å². The third kappa shape index (κ3) is 4.72. The highest BCUT2D eigenvalue weighted by atomic mass is 16.6. The number of rotatable bonds is 5. The summed E-state index contributed by atoms with van der Waals surface area (Å²) in [5.74, 6) is -1.00. The molecule has 2 rings (SSSR count). The molecule has 150 valence electrons. The molecule has 0 heterocycles. The molecule has 2 atom stereocenters. The molecule has 7 heteroatoms. The molecule has 7 nitrogen and oxygen atoms in total. The highest BCUT2D eigenvalue weighted by Crippen LogP contribution is 2.28. The predicted octanol–water partition coefficient (Wildman–Crippen LogP) is 2.58. The van der Waals surface area contributed by atoms with Crippen LogP contribution in [0.5, 0.6) is 0 Å². The number of nitrogens with one attached hydrogen (secondary N) is 1. The monoisotopic (exact) mass is 386 g/mol. The molecule has 1 aliphatic carbocycles. The second-order valence-electron chi connectivity index (χ2n) is 7.89. The van der Waals surface area contributed by atoms with Crippen LogP contribution in [-0.4, -0.2) is 41.1 Å². The number of carbonyl (C=O) groups excluding carboxylic acids is 4. The van der Waals surface area contributed by atoms with Gasteiger partial charge in [-0.15, -0.1) is 0 Å². The van der Waals surface area contributed by atoms with Crippen molar-refractivity contribution in [3.05, 3.63) is 46.5 Å². The summed E-state index contributed by atoms with van der Waals surface area (Å²) in [4.78, 5) is 49.7. The maximum Gasteiger partial charge on any atom is 0.408 e. The first-order chi connectivity index (χ1) is 12.9. The van der Waals surface area contributed by atoms with Gasteiger partial charge in [0.15, 0.2) is 17.3 Å².